The van der Waals surface area contributed by atoms with E-state index in [1.54, 1.807) is 0 Å². The van der Waals surface area contributed by atoms with Gasteiger partial charge in [0.25, 0.3) is 0 Å². The first-order valence-electron chi connectivity index (χ1n) is 7.56. The summed E-state index contributed by atoms with van der Waals surface area (Å²) in [6, 6.07) is 18.4. The molecule has 1 heterocycles. The average Bonchev–Trinajstić information content (AvgIpc) is 2.90. The number of carboxylic acids is 1. The summed E-state index contributed by atoms with van der Waals surface area (Å²) in [4.78, 5) is 10.9. The molecule has 3 heteroatoms. The molecule has 0 bridgehead atoms. The summed E-state index contributed by atoms with van der Waals surface area (Å²) in [5.41, 5.74) is 3.32. The molecule has 0 unspecified atom stereocenters. The van der Waals surface area contributed by atoms with Gasteiger partial charge >= 0.3 is 5.97 Å². The minimum Gasteiger partial charge on any atom is -0.481 e. The van der Waals surface area contributed by atoms with Crippen molar-refractivity contribution >= 4 is 16.9 Å². The maximum atomic E-state index is 10.9. The highest BCUT2D eigenvalue weighted by Gasteiger charge is 2.05. The second-order valence-electron chi connectivity index (χ2n) is 5.56. The van der Waals surface area contributed by atoms with E-state index < -0.39 is 5.97 Å². The monoisotopic (exact) mass is 293 g/mol. The van der Waals surface area contributed by atoms with Crippen molar-refractivity contribution in [2.75, 3.05) is 0 Å². The summed E-state index contributed by atoms with van der Waals surface area (Å²) in [6.45, 7) is 0.939. The van der Waals surface area contributed by atoms with Crippen LogP contribution in [0.15, 0.2) is 60.8 Å². The van der Waals surface area contributed by atoms with Crippen LogP contribution >= 0.6 is 0 Å². The first-order valence-corrected chi connectivity index (χ1v) is 7.56. The van der Waals surface area contributed by atoms with E-state index in [0.717, 1.165) is 35.9 Å². The number of carbonyl (C=O) groups is 1. The number of benzene rings is 2. The van der Waals surface area contributed by atoms with Gasteiger partial charge in [-0.2, -0.15) is 0 Å². The van der Waals surface area contributed by atoms with Gasteiger partial charge in [0, 0.05) is 18.3 Å². The normalized spacial score (nSPS) is 10.9. The number of aryl methyl sites for hydroxylation is 2. The molecule has 2 aromatic carbocycles. The van der Waals surface area contributed by atoms with Gasteiger partial charge in [0.05, 0.1) is 6.42 Å². The van der Waals surface area contributed by atoms with Gasteiger partial charge in [-0.05, 0) is 41.5 Å². The van der Waals surface area contributed by atoms with Crippen molar-refractivity contribution < 1.29 is 9.90 Å². The predicted octanol–water partition coefficient (Wildman–Crippen LogP) is 3.90. The second kappa shape index (κ2) is 6.48. The summed E-state index contributed by atoms with van der Waals surface area (Å²) in [7, 11) is 0. The van der Waals surface area contributed by atoms with E-state index in [2.05, 4.69) is 41.1 Å². The lowest BCUT2D eigenvalue weighted by atomic mass is 10.1. The van der Waals surface area contributed by atoms with Crippen molar-refractivity contribution in [3.05, 3.63) is 71.9 Å². The summed E-state index contributed by atoms with van der Waals surface area (Å²) < 4.78 is 2.21. The van der Waals surface area contributed by atoms with Crippen molar-refractivity contribution in [3.63, 3.8) is 0 Å². The van der Waals surface area contributed by atoms with Crippen molar-refractivity contribution in [2.45, 2.75) is 25.8 Å². The quantitative estimate of drug-likeness (QED) is 0.749. The van der Waals surface area contributed by atoms with Gasteiger partial charge in [0.1, 0.15) is 0 Å². The van der Waals surface area contributed by atoms with E-state index in [1.807, 2.05) is 24.3 Å². The Morgan fingerprint density at radius 3 is 2.59 bits per heavy atom. The SMILES string of the molecule is O=C(O)Cc1ccc2ccn(CCCc3ccccc3)c2c1. The topological polar surface area (TPSA) is 42.2 Å². The second-order valence-corrected chi connectivity index (χ2v) is 5.56. The van der Waals surface area contributed by atoms with Gasteiger partial charge in [-0.15, -0.1) is 0 Å². The molecule has 0 spiro atoms. The van der Waals surface area contributed by atoms with Gasteiger partial charge in [-0.25, -0.2) is 0 Å². The number of fused-ring (bicyclic) bond motifs is 1. The van der Waals surface area contributed by atoms with Crippen LogP contribution in [-0.2, 0) is 24.2 Å². The van der Waals surface area contributed by atoms with Crippen molar-refractivity contribution in [2.24, 2.45) is 0 Å². The molecule has 1 aromatic heterocycles. The fourth-order valence-electron chi connectivity index (χ4n) is 2.81. The Balaban J connectivity index is 1.71. The maximum Gasteiger partial charge on any atom is 0.307 e. The Hall–Kier alpha value is -2.55. The molecule has 0 saturated carbocycles. The number of rotatable bonds is 6. The van der Waals surface area contributed by atoms with E-state index in [1.165, 1.54) is 5.56 Å². The molecule has 1 N–H and O–H groups in total. The van der Waals surface area contributed by atoms with Crippen molar-refractivity contribution in [3.8, 4) is 0 Å². The highest BCUT2D eigenvalue weighted by Crippen LogP contribution is 2.19. The molecule has 112 valence electrons. The fourth-order valence-corrected chi connectivity index (χ4v) is 2.81. The number of hydrogen-bond donors (Lipinski definition) is 1. The maximum absolute atomic E-state index is 10.9. The number of hydrogen-bond acceptors (Lipinski definition) is 1. The Morgan fingerprint density at radius 2 is 1.82 bits per heavy atom. The van der Waals surface area contributed by atoms with Crippen LogP contribution in [0.25, 0.3) is 10.9 Å². The molecule has 3 rings (SSSR count). The van der Waals surface area contributed by atoms with E-state index in [-0.39, 0.29) is 6.42 Å². The fraction of sp³-hybridized carbons (Fsp3) is 0.211. The minimum atomic E-state index is -0.790. The summed E-state index contributed by atoms with van der Waals surface area (Å²) in [5, 5.41) is 10.1. The first-order chi connectivity index (χ1) is 10.7. The van der Waals surface area contributed by atoms with Crippen LogP contribution in [0.4, 0.5) is 0 Å². The largest absolute Gasteiger partial charge is 0.481 e. The van der Waals surface area contributed by atoms with E-state index in [0.29, 0.717) is 0 Å². The van der Waals surface area contributed by atoms with Crippen LogP contribution < -0.4 is 0 Å². The number of nitrogens with zero attached hydrogens (tertiary/aromatic N) is 1. The highest BCUT2D eigenvalue weighted by atomic mass is 16.4. The minimum absolute atomic E-state index is 0.0745. The third-order valence-corrected chi connectivity index (χ3v) is 3.90. The van der Waals surface area contributed by atoms with Crippen LogP contribution in [-0.4, -0.2) is 15.6 Å². The summed E-state index contributed by atoms with van der Waals surface area (Å²) >= 11 is 0. The molecule has 22 heavy (non-hydrogen) atoms. The Labute approximate surface area is 129 Å². The van der Waals surface area contributed by atoms with Gasteiger partial charge in [0.15, 0.2) is 0 Å². The molecule has 0 fully saturated rings. The van der Waals surface area contributed by atoms with Gasteiger partial charge in [-0.3, -0.25) is 4.79 Å². The molecular formula is C19H19NO2. The van der Waals surface area contributed by atoms with Crippen LogP contribution in [0, 0.1) is 0 Å². The molecule has 0 radical (unpaired) electrons. The molecular weight excluding hydrogens is 274 g/mol. The van der Waals surface area contributed by atoms with Gasteiger partial charge < -0.3 is 9.67 Å². The zero-order valence-corrected chi connectivity index (χ0v) is 12.4. The summed E-state index contributed by atoms with van der Waals surface area (Å²) in [6.07, 6.45) is 4.28. The molecule has 0 aliphatic carbocycles. The van der Waals surface area contributed by atoms with Crippen LogP contribution in [0.1, 0.15) is 17.5 Å². The lowest BCUT2D eigenvalue weighted by Gasteiger charge is -2.07. The molecule has 3 aromatic rings. The zero-order valence-electron chi connectivity index (χ0n) is 12.4. The zero-order chi connectivity index (χ0) is 15.4. The summed E-state index contributed by atoms with van der Waals surface area (Å²) in [5.74, 6) is -0.790. The molecule has 0 aliphatic heterocycles. The van der Waals surface area contributed by atoms with E-state index >= 15 is 0 Å². The number of aromatic nitrogens is 1. The standard InChI is InChI=1S/C19H19NO2/c21-19(22)14-16-8-9-17-10-12-20(18(17)13-16)11-4-7-15-5-2-1-3-6-15/h1-3,5-6,8-10,12-13H,4,7,11,14H2,(H,21,22). The molecule has 0 atom stereocenters. The van der Waals surface area contributed by atoms with Crippen LogP contribution in [0.3, 0.4) is 0 Å². The van der Waals surface area contributed by atoms with Gasteiger partial charge in [-0.1, -0.05) is 42.5 Å². The third kappa shape index (κ3) is 3.37. The molecule has 3 nitrogen and oxygen atoms in total. The van der Waals surface area contributed by atoms with Crippen LogP contribution in [0.2, 0.25) is 0 Å². The van der Waals surface area contributed by atoms with Crippen molar-refractivity contribution in [1.29, 1.82) is 0 Å². The Morgan fingerprint density at radius 1 is 1.00 bits per heavy atom. The van der Waals surface area contributed by atoms with Crippen LogP contribution in [0.5, 0.6) is 0 Å². The number of aliphatic carboxylic acids is 1. The van der Waals surface area contributed by atoms with E-state index in [9.17, 15) is 4.79 Å². The smallest absolute Gasteiger partial charge is 0.307 e. The van der Waals surface area contributed by atoms with Gasteiger partial charge in [0.2, 0.25) is 0 Å². The van der Waals surface area contributed by atoms with E-state index in [4.69, 9.17) is 5.11 Å². The molecule has 0 saturated heterocycles. The average molecular weight is 293 g/mol. The molecule has 0 aliphatic rings. The lowest BCUT2D eigenvalue weighted by Crippen LogP contribution is -2.01. The van der Waals surface area contributed by atoms with Crippen molar-refractivity contribution in [1.82, 2.24) is 4.57 Å². The number of carboxylic acid groups (broad SMARTS) is 1. The first kappa shape index (κ1) is 14.4. The lowest BCUT2D eigenvalue weighted by molar-refractivity contribution is -0.136. The Kier molecular flexibility index (Phi) is 4.24. The third-order valence-electron chi connectivity index (χ3n) is 3.90. The highest BCUT2D eigenvalue weighted by molar-refractivity contribution is 5.82. The Bertz CT molecular complexity index is 774. The predicted molar refractivity (Wildman–Crippen MR) is 88.0 cm³/mol. The molecule has 0 amide bonds.